The number of carbonyl (C=O) groups is 2. The fraction of sp³-hybridized carbons (Fsp3) is 0.630. The standard InChI is InChI=1S/C46H68N10O2/c1-33(2)52(7)31-36(9-8-26-57)38-10-15-47-41-39(38)27-40(50-41)35-13-16-53(17-14-35)20-21-54-22-24-55(25-23-54)30-34-11-18-56(19-12-34)44-48-28-37(29-49-44)42(58)51-43-45(3,4)32-46(43,5)6/h8-10,15,26-29,31,33-35,43H,11-14,16-25,30,32H2,1-7H3,(H,47,50)(H,51,58)/b9-8-,36-31+. The fourth-order valence-corrected chi connectivity index (χ4v) is 10.4. The Labute approximate surface area is 346 Å². The van der Waals surface area contributed by atoms with Gasteiger partial charge in [0.1, 0.15) is 11.9 Å². The molecule has 12 nitrogen and oxygen atoms in total. The molecular formula is C46H68N10O2. The van der Waals surface area contributed by atoms with Gasteiger partial charge in [0.15, 0.2) is 0 Å². The smallest absolute Gasteiger partial charge is 0.254 e. The lowest BCUT2D eigenvalue weighted by Crippen LogP contribution is -2.63. The number of aldehydes is 1. The summed E-state index contributed by atoms with van der Waals surface area (Å²) < 4.78 is 0. The summed E-state index contributed by atoms with van der Waals surface area (Å²) in [5.41, 5.74) is 5.03. The maximum Gasteiger partial charge on any atom is 0.254 e. The van der Waals surface area contributed by atoms with Gasteiger partial charge >= 0.3 is 0 Å². The first-order valence-corrected chi connectivity index (χ1v) is 21.9. The number of likely N-dealkylation sites (tertiary alicyclic amines) is 1. The molecule has 12 heteroatoms. The van der Waals surface area contributed by atoms with Crippen LogP contribution in [0.5, 0.6) is 0 Å². The quantitative estimate of drug-likeness (QED) is 0.114. The van der Waals surface area contributed by atoms with Gasteiger partial charge in [0, 0.05) is 120 Å². The summed E-state index contributed by atoms with van der Waals surface area (Å²) in [6.07, 6.45) is 17.4. The van der Waals surface area contributed by atoms with Crippen LogP contribution < -0.4 is 10.2 Å². The van der Waals surface area contributed by atoms with Crippen molar-refractivity contribution in [2.75, 3.05) is 83.9 Å². The number of piperidine rings is 2. The molecule has 0 aromatic carbocycles. The molecule has 1 aliphatic carbocycles. The maximum absolute atomic E-state index is 13.0. The third-order valence-corrected chi connectivity index (χ3v) is 13.7. The highest BCUT2D eigenvalue weighted by atomic mass is 16.1. The summed E-state index contributed by atoms with van der Waals surface area (Å²) in [4.78, 5) is 54.2. The number of hydrogen-bond acceptors (Lipinski definition) is 10. The summed E-state index contributed by atoms with van der Waals surface area (Å²) in [5.74, 6) is 1.85. The molecule has 3 aliphatic heterocycles. The number of nitrogens with one attached hydrogen (secondary N) is 2. The summed E-state index contributed by atoms with van der Waals surface area (Å²) in [5, 5.41) is 4.36. The van der Waals surface area contributed by atoms with E-state index in [4.69, 9.17) is 0 Å². The molecular weight excluding hydrogens is 725 g/mol. The number of carbonyl (C=O) groups excluding carboxylic acids is 2. The minimum Gasteiger partial charge on any atom is -0.377 e. The zero-order valence-electron chi connectivity index (χ0n) is 36.2. The Morgan fingerprint density at radius 3 is 2.17 bits per heavy atom. The molecule has 0 unspecified atom stereocenters. The van der Waals surface area contributed by atoms with E-state index in [9.17, 15) is 9.59 Å². The van der Waals surface area contributed by atoms with Crippen molar-refractivity contribution in [3.63, 3.8) is 0 Å². The molecule has 3 aromatic heterocycles. The number of pyridine rings is 1. The highest BCUT2D eigenvalue weighted by Crippen LogP contribution is 2.53. The highest BCUT2D eigenvalue weighted by Gasteiger charge is 2.53. The van der Waals surface area contributed by atoms with Crippen LogP contribution in [-0.2, 0) is 4.79 Å². The van der Waals surface area contributed by atoms with Crippen molar-refractivity contribution in [3.05, 3.63) is 65.9 Å². The Bertz CT molecular complexity index is 1900. The van der Waals surface area contributed by atoms with Crippen LogP contribution in [0.3, 0.4) is 0 Å². The molecule has 314 valence electrons. The van der Waals surface area contributed by atoms with Crippen LogP contribution in [0.4, 0.5) is 5.95 Å². The van der Waals surface area contributed by atoms with E-state index in [1.165, 1.54) is 12.2 Å². The van der Waals surface area contributed by atoms with Gasteiger partial charge in [-0.2, -0.15) is 0 Å². The minimum atomic E-state index is -0.0771. The Kier molecular flexibility index (Phi) is 13.0. The summed E-state index contributed by atoms with van der Waals surface area (Å²) in [6.45, 7) is 25.4. The van der Waals surface area contributed by atoms with Crippen molar-refractivity contribution in [1.29, 1.82) is 0 Å². The van der Waals surface area contributed by atoms with Crippen LogP contribution in [0.1, 0.15) is 101 Å². The molecule has 3 saturated heterocycles. The first-order valence-electron chi connectivity index (χ1n) is 21.9. The van der Waals surface area contributed by atoms with E-state index >= 15 is 0 Å². The normalized spacial score (nSPS) is 21.9. The number of H-pyrrole nitrogens is 1. The Morgan fingerprint density at radius 1 is 0.914 bits per heavy atom. The van der Waals surface area contributed by atoms with Gasteiger partial charge in [-0.25, -0.2) is 15.0 Å². The SMILES string of the molecule is CC(C)N(C)/C=C(\C=C/C=O)c1ccnc2[nH]c(C3CCN(CCN4CCN(CC5CCN(c6ncc(C(=O)NC7C(C)(C)CC7(C)C)cn6)CC5)CC4)CC3)cc12. The number of anilines is 1. The Hall–Kier alpha value is -4.13. The summed E-state index contributed by atoms with van der Waals surface area (Å²) in [6, 6.07) is 4.85. The largest absolute Gasteiger partial charge is 0.377 e. The molecule has 0 atom stereocenters. The van der Waals surface area contributed by atoms with Crippen molar-refractivity contribution in [1.82, 2.24) is 44.9 Å². The number of piperazine rings is 1. The molecule has 0 spiro atoms. The van der Waals surface area contributed by atoms with Crippen molar-refractivity contribution in [3.8, 4) is 0 Å². The molecule has 58 heavy (non-hydrogen) atoms. The Balaban J connectivity index is 0.807. The maximum atomic E-state index is 13.0. The van der Waals surface area contributed by atoms with Gasteiger partial charge < -0.3 is 29.9 Å². The molecule has 4 fully saturated rings. The van der Waals surface area contributed by atoms with Crippen molar-refractivity contribution in [2.24, 2.45) is 16.7 Å². The molecule has 1 amide bonds. The lowest BCUT2D eigenvalue weighted by atomic mass is 9.52. The van der Waals surface area contributed by atoms with Gasteiger partial charge in [0.25, 0.3) is 5.91 Å². The zero-order chi connectivity index (χ0) is 41.0. The molecule has 6 heterocycles. The first-order chi connectivity index (χ1) is 27.8. The molecule has 2 N–H and O–H groups in total. The number of aromatic amines is 1. The number of nitrogens with zero attached hydrogens (tertiary/aromatic N) is 8. The zero-order valence-corrected chi connectivity index (χ0v) is 36.2. The lowest BCUT2D eigenvalue weighted by Gasteiger charge is -2.57. The number of allylic oxidation sites excluding steroid dienone is 3. The minimum absolute atomic E-state index is 0.0771. The van der Waals surface area contributed by atoms with Crippen LogP contribution in [0.25, 0.3) is 16.6 Å². The topological polar surface area (TPSA) is 117 Å². The second kappa shape index (κ2) is 18.0. The van der Waals surface area contributed by atoms with Gasteiger partial charge in [-0.15, -0.1) is 0 Å². The molecule has 0 bridgehead atoms. The predicted octanol–water partition coefficient (Wildman–Crippen LogP) is 6.06. The summed E-state index contributed by atoms with van der Waals surface area (Å²) in [7, 11) is 2.07. The van der Waals surface area contributed by atoms with E-state index in [0.717, 1.165) is 132 Å². The van der Waals surface area contributed by atoms with Crippen molar-refractivity contribution in [2.45, 2.75) is 91.6 Å². The van der Waals surface area contributed by atoms with Gasteiger partial charge in [-0.3, -0.25) is 14.5 Å². The molecule has 7 rings (SSSR count). The van der Waals surface area contributed by atoms with Crippen LogP contribution in [-0.4, -0.2) is 143 Å². The monoisotopic (exact) mass is 793 g/mol. The van der Waals surface area contributed by atoms with Crippen molar-refractivity contribution < 1.29 is 9.59 Å². The van der Waals surface area contributed by atoms with E-state index < -0.39 is 0 Å². The number of amides is 1. The van der Waals surface area contributed by atoms with Crippen LogP contribution in [0.15, 0.2) is 49.1 Å². The van der Waals surface area contributed by atoms with E-state index in [-0.39, 0.29) is 22.8 Å². The molecule has 1 saturated carbocycles. The van der Waals surface area contributed by atoms with Gasteiger partial charge in [0.05, 0.1) is 5.56 Å². The third-order valence-electron chi connectivity index (χ3n) is 13.7. The number of aromatic nitrogens is 4. The lowest BCUT2D eigenvalue weighted by molar-refractivity contribution is -0.104. The van der Waals surface area contributed by atoms with E-state index in [2.05, 4.69) is 117 Å². The van der Waals surface area contributed by atoms with Crippen LogP contribution >= 0.6 is 0 Å². The van der Waals surface area contributed by atoms with Crippen LogP contribution in [0.2, 0.25) is 0 Å². The second-order valence-corrected chi connectivity index (χ2v) is 19.2. The molecule has 4 aliphatic rings. The fourth-order valence-electron chi connectivity index (χ4n) is 10.4. The number of fused-ring (bicyclic) bond motifs is 1. The number of hydrogen-bond donors (Lipinski definition) is 2. The average molecular weight is 793 g/mol. The van der Waals surface area contributed by atoms with Crippen LogP contribution in [0, 0.1) is 16.7 Å². The van der Waals surface area contributed by atoms with Crippen molar-refractivity contribution >= 4 is 34.7 Å². The molecule has 0 radical (unpaired) electrons. The second-order valence-electron chi connectivity index (χ2n) is 19.2. The van der Waals surface area contributed by atoms with Gasteiger partial charge in [-0.05, 0) is 111 Å². The summed E-state index contributed by atoms with van der Waals surface area (Å²) >= 11 is 0. The van der Waals surface area contributed by atoms with E-state index in [1.807, 2.05) is 12.3 Å². The van der Waals surface area contributed by atoms with E-state index in [1.54, 1.807) is 18.5 Å². The third kappa shape index (κ3) is 9.83. The van der Waals surface area contributed by atoms with Gasteiger partial charge in [0.2, 0.25) is 5.95 Å². The predicted molar refractivity (Wildman–Crippen MR) is 234 cm³/mol. The van der Waals surface area contributed by atoms with E-state index in [0.29, 0.717) is 23.4 Å². The molecule has 3 aromatic rings. The Morgan fingerprint density at radius 2 is 1.55 bits per heavy atom. The first kappa shape index (κ1) is 42.0. The highest BCUT2D eigenvalue weighted by molar-refractivity contribution is 5.95. The number of rotatable bonds is 14. The van der Waals surface area contributed by atoms with Gasteiger partial charge in [-0.1, -0.05) is 27.7 Å². The average Bonchev–Trinajstić information content (AvgIpc) is 3.66.